The average molecular weight is 1940 g/mol. The Bertz CT molecular complexity index is 4990. The molecular weight excluding hydrogens is 1780 g/mol. The summed E-state index contributed by atoms with van der Waals surface area (Å²) in [5.41, 5.74) is 59.2. The number of rotatable bonds is 32. The number of alkyl halides is 4. The molecule has 5 fully saturated rings. The van der Waals surface area contributed by atoms with E-state index in [0.717, 1.165) is 170 Å². The quantitative estimate of drug-likeness (QED) is 0.00369. The second kappa shape index (κ2) is 52.4. The zero-order chi connectivity index (χ0) is 103. The Hall–Kier alpha value is -10.7. The zero-order valence-corrected chi connectivity index (χ0v) is 86.5. The molecule has 7 aliphatic rings. The summed E-state index contributed by atoms with van der Waals surface area (Å²) < 4.78 is 93.2. The molecule has 6 aliphatic carbocycles. The molecule has 25 heteroatoms. The molecule has 16 N–H and O–H groups in total. The molecule has 0 saturated heterocycles. The summed E-state index contributed by atoms with van der Waals surface area (Å²) >= 11 is 0. The molecule has 21 nitrogen and oxygen atoms in total. The number of nitrogens with two attached hydrogens (primary N) is 8. The highest BCUT2D eigenvalue weighted by molar-refractivity contribution is 5.95. The standard InChI is InChI=1S/C36H56N2O3.C36H54N2O2.2C20H24N2O4.C2H3F3.CH3F/c1-23(2)12-9-13-24(3)14-10-15-25(4)16-11-18-36(8)19-17-32-28(7)33(26(5)27(6)34(32)41-36)40-35(39)29-20-30(37)22-31(38)21-29;1-22(2)9-8-10-23(3)28-12-13-29-27-11-14-31-34(4,5)32(40-33(39)24-19-25(37)21-26(38)20-24)16-18-36(31,7)30(27)15-17-35(28,29)6;2*21-15-10-14(11-16(22)12-15)20(23)26-19-8-6-18(7-9-19)25-13-24-17-4-2-1-3-5-17;1-2(3,4)5;1-2/h20-25H,9-19,37-38H2,1-8H3;9,14,19-21,23,27-30,32H,8,10-13,15-18,37-38H2,1-7H3;2*1-5,10-12,18-19H,6-9,13,21-22H2;1H3;1H3. The van der Waals surface area contributed by atoms with Crippen LogP contribution in [0.1, 0.15) is 327 Å². The van der Waals surface area contributed by atoms with Crippen LogP contribution in [-0.2, 0) is 30.1 Å². The van der Waals surface area contributed by atoms with Crippen LogP contribution in [0.25, 0.3) is 0 Å². The normalized spacial score (nSPS) is 23.6. The summed E-state index contributed by atoms with van der Waals surface area (Å²) in [4.78, 5) is 50.6. The van der Waals surface area contributed by atoms with E-state index in [9.17, 15) is 36.7 Å². The fourth-order valence-electron chi connectivity index (χ4n) is 22.8. The number of fused-ring (bicyclic) bond motifs is 6. The van der Waals surface area contributed by atoms with E-state index < -0.39 is 12.1 Å². The van der Waals surface area contributed by atoms with Gasteiger partial charge in [0.05, 0.1) is 41.6 Å². The lowest BCUT2D eigenvalue weighted by atomic mass is 9.44. The predicted molar refractivity (Wildman–Crippen MR) is 558 cm³/mol. The van der Waals surface area contributed by atoms with Gasteiger partial charge in [-0.15, -0.1) is 0 Å². The van der Waals surface area contributed by atoms with Gasteiger partial charge >= 0.3 is 30.1 Å². The van der Waals surface area contributed by atoms with Gasteiger partial charge in [-0.2, -0.15) is 13.2 Å². The third kappa shape index (κ3) is 33.2. The summed E-state index contributed by atoms with van der Waals surface area (Å²) in [6.07, 6.45) is 32.1. The van der Waals surface area contributed by atoms with Crippen molar-refractivity contribution in [3.63, 3.8) is 0 Å². The van der Waals surface area contributed by atoms with E-state index in [1.54, 1.807) is 72.8 Å². The van der Waals surface area contributed by atoms with Gasteiger partial charge in [-0.1, -0.05) is 167 Å². The lowest BCUT2D eigenvalue weighted by Gasteiger charge is -2.61. The number of halogens is 4. The van der Waals surface area contributed by atoms with Crippen molar-refractivity contribution in [3.05, 3.63) is 201 Å². The molecule has 770 valence electrons. The number of nitrogen functional groups attached to an aromatic ring is 8. The monoisotopic (exact) mass is 1940 g/mol. The van der Waals surface area contributed by atoms with Crippen LogP contribution in [0.5, 0.6) is 23.0 Å². The molecule has 14 rings (SSSR count). The highest BCUT2D eigenvalue weighted by Crippen LogP contribution is 2.69. The number of carbonyl (C=O) groups is 4. The summed E-state index contributed by atoms with van der Waals surface area (Å²) in [6, 6.07) is 38.5. The Balaban J connectivity index is 0.000000208. The molecule has 140 heavy (non-hydrogen) atoms. The Morgan fingerprint density at radius 3 is 1.33 bits per heavy atom. The molecule has 5 saturated carbocycles. The van der Waals surface area contributed by atoms with Crippen molar-refractivity contribution in [3.8, 4) is 23.0 Å². The lowest BCUT2D eigenvalue weighted by Crippen LogP contribution is -2.55. The molecule has 0 amide bonds. The number of para-hydroxylation sites is 2. The summed E-state index contributed by atoms with van der Waals surface area (Å²) in [5, 5.41) is 0. The van der Waals surface area contributed by atoms with E-state index in [1.165, 1.54) is 107 Å². The van der Waals surface area contributed by atoms with E-state index in [4.69, 9.17) is 88.5 Å². The van der Waals surface area contributed by atoms with Gasteiger partial charge < -0.3 is 88.5 Å². The first kappa shape index (κ1) is 113. The number of carbonyl (C=O) groups excluding carboxylic acids is 4. The molecule has 1 heterocycles. The van der Waals surface area contributed by atoms with Crippen LogP contribution < -0.4 is 64.8 Å². The molecule has 11 atom stereocenters. The van der Waals surface area contributed by atoms with E-state index >= 15 is 0 Å². The summed E-state index contributed by atoms with van der Waals surface area (Å²) in [7, 11) is 0.500. The Morgan fingerprint density at radius 1 is 0.479 bits per heavy atom. The van der Waals surface area contributed by atoms with E-state index in [-0.39, 0.29) is 85.4 Å². The minimum Gasteiger partial charge on any atom is -0.487 e. The van der Waals surface area contributed by atoms with Gasteiger partial charge in [0.15, 0.2) is 13.6 Å². The van der Waals surface area contributed by atoms with Gasteiger partial charge in [0.2, 0.25) is 0 Å². The van der Waals surface area contributed by atoms with E-state index in [2.05, 4.69) is 102 Å². The van der Waals surface area contributed by atoms with Crippen molar-refractivity contribution < 1.29 is 79.4 Å². The Labute approximate surface area is 831 Å². The molecule has 11 unspecified atom stereocenters. The predicted octanol–water partition coefficient (Wildman–Crippen LogP) is 27.4. The van der Waals surface area contributed by atoms with Crippen LogP contribution in [0.15, 0.2) is 157 Å². The maximum atomic E-state index is 13.2. The van der Waals surface area contributed by atoms with E-state index in [1.807, 2.05) is 74.5 Å². The maximum absolute atomic E-state index is 13.2. The van der Waals surface area contributed by atoms with Crippen molar-refractivity contribution in [2.45, 2.75) is 333 Å². The third-order valence-electron chi connectivity index (χ3n) is 30.3. The molecule has 0 bridgehead atoms. The minimum absolute atomic E-state index is 0.111. The number of anilines is 8. The van der Waals surface area contributed by atoms with Gasteiger partial charge in [-0.3, -0.25) is 4.39 Å². The summed E-state index contributed by atoms with van der Waals surface area (Å²) in [6.45, 7) is 35.3. The van der Waals surface area contributed by atoms with Crippen LogP contribution in [0, 0.1) is 84.4 Å². The van der Waals surface area contributed by atoms with Gasteiger partial charge in [0, 0.05) is 63.4 Å². The molecule has 0 radical (unpaired) electrons. The number of benzene rings is 7. The van der Waals surface area contributed by atoms with E-state index in [0.29, 0.717) is 86.1 Å². The van der Waals surface area contributed by atoms with Crippen molar-refractivity contribution in [2.24, 2.45) is 63.6 Å². The number of esters is 4. The first-order chi connectivity index (χ1) is 66.3. The SMILES string of the molecule is CC(C)=CCCC(C)C1CCC2C3CC=C4C(C)(C)C(OC(=O)c5cc(N)cc(N)c5)CCC4(C)C3CCC12C.CC(F)(F)F.CF.Cc1c(C)c2c(c(C)c1OC(=O)c1cc(N)cc(N)c1)CCC(C)(CCCC(C)CCCC(C)CCCC(C)C)O2.Nc1cc(N)cc(C(=O)OC2CCC(OCOc3ccccc3)CC2)c1.Nc1cc(N)cc(C(=O)OC2CCC(OCOc3ccccc3)CC2)c1. The highest BCUT2D eigenvalue weighted by atomic mass is 19.4. The molecule has 7 aromatic carbocycles. The molecular formula is C115H164F4N8O13. The fourth-order valence-corrected chi connectivity index (χ4v) is 22.8. The molecule has 0 spiro atoms. The summed E-state index contributed by atoms with van der Waals surface area (Å²) in [5.74, 6) is 8.06. The van der Waals surface area contributed by atoms with Crippen LogP contribution >= 0.6 is 0 Å². The fraction of sp³-hybridized carbons (Fsp3) is 0.565. The van der Waals surface area contributed by atoms with Gasteiger partial charge in [-0.05, 0) is 348 Å². The maximum Gasteiger partial charge on any atom is 0.386 e. The van der Waals surface area contributed by atoms with Crippen LogP contribution in [0.4, 0.5) is 63.1 Å². The molecule has 0 aromatic heterocycles. The van der Waals surface area contributed by atoms with Crippen molar-refractivity contribution in [1.29, 1.82) is 0 Å². The highest BCUT2D eigenvalue weighted by Gasteiger charge is 2.62. The van der Waals surface area contributed by atoms with Crippen molar-refractivity contribution >= 4 is 69.4 Å². The minimum atomic E-state index is -4.00. The van der Waals surface area contributed by atoms with Crippen LogP contribution in [0.3, 0.4) is 0 Å². The number of hydrogen-bond donors (Lipinski definition) is 8. The lowest BCUT2D eigenvalue weighted by molar-refractivity contribution is -0.110. The van der Waals surface area contributed by atoms with Crippen molar-refractivity contribution in [1.82, 2.24) is 0 Å². The smallest absolute Gasteiger partial charge is 0.386 e. The second-order valence-electron chi connectivity index (χ2n) is 42.6. The number of ether oxygens (including phenoxy) is 9. The second-order valence-corrected chi connectivity index (χ2v) is 42.6. The largest absolute Gasteiger partial charge is 0.487 e. The van der Waals surface area contributed by atoms with Crippen molar-refractivity contribution in [2.75, 3.05) is 66.6 Å². The Kier molecular flexibility index (Phi) is 42.3. The van der Waals surface area contributed by atoms with Crippen LogP contribution in [0.2, 0.25) is 0 Å². The van der Waals surface area contributed by atoms with Crippen LogP contribution in [-0.4, -0.2) is 86.9 Å². The molecule has 1 aliphatic heterocycles. The third-order valence-corrected chi connectivity index (χ3v) is 30.3. The first-order valence-electron chi connectivity index (χ1n) is 51.0. The van der Waals surface area contributed by atoms with Gasteiger partial charge in [0.1, 0.15) is 46.9 Å². The zero-order valence-electron chi connectivity index (χ0n) is 86.5. The number of hydrogen-bond acceptors (Lipinski definition) is 21. The average Bonchev–Trinajstić information content (AvgIpc) is 1.42. The first-order valence-corrected chi connectivity index (χ1v) is 51.0. The Morgan fingerprint density at radius 2 is 0.893 bits per heavy atom. The van der Waals surface area contributed by atoms with Gasteiger partial charge in [-0.25, -0.2) is 19.2 Å². The molecule has 7 aromatic rings. The topological polar surface area (TPSA) is 360 Å². The van der Waals surface area contributed by atoms with Gasteiger partial charge in [0.25, 0.3) is 0 Å². The number of allylic oxidation sites excluding steroid dienone is 3.